The number of nitro groups is 1. The van der Waals surface area contributed by atoms with Gasteiger partial charge in [0.2, 0.25) is 0 Å². The zero-order valence-corrected chi connectivity index (χ0v) is 11.5. The van der Waals surface area contributed by atoms with E-state index in [2.05, 4.69) is 35.5 Å². The van der Waals surface area contributed by atoms with E-state index >= 15 is 0 Å². The highest BCUT2D eigenvalue weighted by atomic mass is 16.6. The number of nitrogens with two attached hydrogens (primary N) is 1. The molecule has 0 aliphatic heterocycles. The average molecular weight is 286 g/mol. The van der Waals surface area contributed by atoms with Crippen molar-refractivity contribution in [1.82, 2.24) is 0 Å². The Labute approximate surface area is 128 Å². The molecule has 4 nitrogen and oxygen atoms in total. The largest absolute Gasteiger partial charge is 0.399 e. The second kappa shape index (κ2) is 7.20. The van der Waals surface area contributed by atoms with Crippen LogP contribution in [0.25, 0.3) is 0 Å². The number of benzene rings is 2. The topological polar surface area (TPSA) is 69.2 Å². The predicted octanol–water partition coefficient (Wildman–Crippen LogP) is 2.58. The van der Waals surface area contributed by atoms with Gasteiger partial charge in [-0.15, -0.1) is 0 Å². The summed E-state index contributed by atoms with van der Waals surface area (Å²) >= 11 is 0. The smallest absolute Gasteiger partial charge is 0.269 e. The summed E-state index contributed by atoms with van der Waals surface area (Å²) in [5.41, 5.74) is 7.77. The van der Waals surface area contributed by atoms with Crippen LogP contribution in [0.4, 0.5) is 11.4 Å². The summed E-state index contributed by atoms with van der Waals surface area (Å²) in [6.45, 7) is 0. The third kappa shape index (κ3) is 4.46. The number of non-ortho nitro benzene ring substituents is 1. The van der Waals surface area contributed by atoms with Crippen molar-refractivity contribution in [3.05, 3.63) is 69.8 Å². The third-order valence-electron chi connectivity index (χ3n) is 2.59. The Hall–Kier alpha value is -3.68. The molecule has 0 unspecified atom stereocenters. The molecule has 0 aliphatic rings. The molecule has 0 heterocycles. The van der Waals surface area contributed by atoms with Crippen molar-refractivity contribution in [2.24, 2.45) is 0 Å². The number of hydrogen-bond acceptors (Lipinski definition) is 3. The van der Waals surface area contributed by atoms with Crippen LogP contribution in [0.5, 0.6) is 0 Å². The van der Waals surface area contributed by atoms with Crippen molar-refractivity contribution < 1.29 is 4.92 Å². The Morgan fingerprint density at radius 1 is 0.773 bits per heavy atom. The molecule has 0 spiro atoms. The molecule has 0 amide bonds. The Balaban J connectivity index is 2.00. The average Bonchev–Trinajstić information content (AvgIpc) is 2.53. The van der Waals surface area contributed by atoms with E-state index in [0.29, 0.717) is 11.3 Å². The maximum absolute atomic E-state index is 10.5. The van der Waals surface area contributed by atoms with Gasteiger partial charge in [-0.3, -0.25) is 10.1 Å². The lowest BCUT2D eigenvalue weighted by Gasteiger charge is -1.90. The van der Waals surface area contributed by atoms with Crippen molar-refractivity contribution in [2.75, 3.05) is 5.73 Å². The number of anilines is 1. The van der Waals surface area contributed by atoms with Crippen LogP contribution >= 0.6 is 0 Å². The first-order valence-electron chi connectivity index (χ1n) is 6.27. The van der Waals surface area contributed by atoms with Gasteiger partial charge >= 0.3 is 0 Å². The molecule has 2 aromatic carbocycles. The standard InChI is InChI=1S/C18H10N2O2/c19-17-11-7-15(8-12-17)5-3-1-2-4-6-16-9-13-18(14-10-16)20(21)22/h7-14H,19H2. The van der Waals surface area contributed by atoms with Gasteiger partial charge in [-0.1, -0.05) is 11.8 Å². The lowest BCUT2D eigenvalue weighted by molar-refractivity contribution is -0.384. The molecule has 0 saturated heterocycles. The summed E-state index contributed by atoms with van der Waals surface area (Å²) in [6, 6.07) is 13.1. The molecule has 0 atom stereocenters. The first kappa shape index (κ1) is 14.7. The van der Waals surface area contributed by atoms with Gasteiger partial charge in [0.15, 0.2) is 0 Å². The van der Waals surface area contributed by atoms with Crippen LogP contribution in [0.15, 0.2) is 48.5 Å². The molecule has 4 heteroatoms. The van der Waals surface area contributed by atoms with E-state index in [1.54, 1.807) is 24.3 Å². The highest BCUT2D eigenvalue weighted by Crippen LogP contribution is 2.10. The van der Waals surface area contributed by atoms with E-state index in [0.717, 1.165) is 5.56 Å². The number of hydrogen-bond donors (Lipinski definition) is 1. The minimum Gasteiger partial charge on any atom is -0.399 e. The fourth-order valence-electron chi connectivity index (χ4n) is 1.50. The first-order valence-corrected chi connectivity index (χ1v) is 6.27. The van der Waals surface area contributed by atoms with Crippen LogP contribution in [-0.2, 0) is 0 Å². The Morgan fingerprint density at radius 2 is 1.23 bits per heavy atom. The second-order valence-corrected chi connectivity index (χ2v) is 4.18. The minimum atomic E-state index is -0.455. The molecule has 0 bridgehead atoms. The summed E-state index contributed by atoms with van der Waals surface area (Å²) in [6.07, 6.45) is 0. The molecule has 104 valence electrons. The molecular weight excluding hydrogens is 276 g/mol. The SMILES string of the molecule is Nc1ccc(C#CC#CC#Cc2ccc([N+](=O)[O-])cc2)cc1. The van der Waals surface area contributed by atoms with Crippen LogP contribution in [0, 0.1) is 45.6 Å². The van der Waals surface area contributed by atoms with Gasteiger partial charge in [-0.2, -0.15) is 0 Å². The quantitative estimate of drug-likeness (QED) is 0.379. The van der Waals surface area contributed by atoms with Gasteiger partial charge in [0.1, 0.15) is 0 Å². The molecule has 0 fully saturated rings. The van der Waals surface area contributed by atoms with Crippen molar-refractivity contribution >= 4 is 11.4 Å². The number of nitrogens with zero attached hydrogens (tertiary/aromatic N) is 1. The van der Waals surface area contributed by atoms with Crippen molar-refractivity contribution in [3.8, 4) is 35.5 Å². The molecular formula is C18H10N2O2. The van der Waals surface area contributed by atoms with E-state index in [1.807, 2.05) is 12.1 Å². The number of nitrogen functional groups attached to an aromatic ring is 1. The zero-order chi connectivity index (χ0) is 15.8. The van der Waals surface area contributed by atoms with E-state index in [9.17, 15) is 10.1 Å². The highest BCUT2D eigenvalue weighted by molar-refractivity contribution is 5.49. The minimum absolute atomic E-state index is 0.0333. The maximum Gasteiger partial charge on any atom is 0.269 e. The van der Waals surface area contributed by atoms with Gasteiger partial charge in [0, 0.05) is 28.9 Å². The lowest BCUT2D eigenvalue weighted by Crippen LogP contribution is -1.86. The van der Waals surface area contributed by atoms with E-state index in [-0.39, 0.29) is 5.69 Å². The third-order valence-corrected chi connectivity index (χ3v) is 2.59. The molecule has 2 aromatic rings. The number of nitro benzene ring substituents is 1. The second-order valence-electron chi connectivity index (χ2n) is 4.18. The normalized spacial score (nSPS) is 8.36. The molecule has 22 heavy (non-hydrogen) atoms. The first-order chi connectivity index (χ1) is 10.6. The molecule has 0 saturated carbocycles. The van der Waals surface area contributed by atoms with Gasteiger partial charge in [0.05, 0.1) is 4.92 Å². The molecule has 0 aliphatic carbocycles. The fourth-order valence-corrected chi connectivity index (χ4v) is 1.50. The molecule has 0 radical (unpaired) electrons. The Morgan fingerprint density at radius 3 is 1.68 bits per heavy atom. The summed E-state index contributed by atoms with van der Waals surface area (Å²) in [5, 5.41) is 10.5. The summed E-state index contributed by atoms with van der Waals surface area (Å²) in [5.74, 6) is 16.2. The molecule has 2 rings (SSSR count). The van der Waals surface area contributed by atoms with Crippen LogP contribution in [0.3, 0.4) is 0 Å². The van der Waals surface area contributed by atoms with Crippen LogP contribution in [0.2, 0.25) is 0 Å². The van der Waals surface area contributed by atoms with E-state index in [4.69, 9.17) is 5.73 Å². The lowest BCUT2D eigenvalue weighted by atomic mass is 10.2. The van der Waals surface area contributed by atoms with Crippen LogP contribution in [0.1, 0.15) is 11.1 Å². The zero-order valence-electron chi connectivity index (χ0n) is 11.5. The number of rotatable bonds is 1. The van der Waals surface area contributed by atoms with Gasteiger partial charge in [0.25, 0.3) is 5.69 Å². The Kier molecular flexibility index (Phi) is 4.82. The van der Waals surface area contributed by atoms with Gasteiger partial charge < -0.3 is 5.73 Å². The van der Waals surface area contributed by atoms with E-state index in [1.165, 1.54) is 12.1 Å². The van der Waals surface area contributed by atoms with Crippen LogP contribution in [-0.4, -0.2) is 4.92 Å². The van der Waals surface area contributed by atoms with Gasteiger partial charge in [-0.25, -0.2) is 0 Å². The van der Waals surface area contributed by atoms with Crippen molar-refractivity contribution in [3.63, 3.8) is 0 Å². The fraction of sp³-hybridized carbons (Fsp3) is 0. The van der Waals surface area contributed by atoms with Crippen molar-refractivity contribution in [2.45, 2.75) is 0 Å². The maximum atomic E-state index is 10.5. The predicted molar refractivity (Wildman–Crippen MR) is 85.5 cm³/mol. The summed E-state index contributed by atoms with van der Waals surface area (Å²) < 4.78 is 0. The highest BCUT2D eigenvalue weighted by Gasteiger charge is 2.01. The van der Waals surface area contributed by atoms with Crippen LogP contribution < -0.4 is 5.73 Å². The molecule has 0 aromatic heterocycles. The summed E-state index contributed by atoms with van der Waals surface area (Å²) in [4.78, 5) is 10.1. The monoisotopic (exact) mass is 286 g/mol. The molecule has 2 N–H and O–H groups in total. The van der Waals surface area contributed by atoms with E-state index < -0.39 is 4.92 Å². The van der Waals surface area contributed by atoms with Gasteiger partial charge in [-0.05, 0) is 60.1 Å². The summed E-state index contributed by atoms with van der Waals surface area (Å²) in [7, 11) is 0. The van der Waals surface area contributed by atoms with Crippen molar-refractivity contribution in [1.29, 1.82) is 0 Å². The Bertz CT molecular complexity index is 863.